The predicted octanol–water partition coefficient (Wildman–Crippen LogP) is 3.31. The Balaban J connectivity index is 1.57. The number of rotatable bonds is 5. The van der Waals surface area contributed by atoms with Gasteiger partial charge in [0.15, 0.2) is 0 Å². The van der Waals surface area contributed by atoms with Gasteiger partial charge in [0.1, 0.15) is 0 Å². The van der Waals surface area contributed by atoms with Crippen molar-refractivity contribution in [2.75, 3.05) is 20.1 Å². The molecule has 2 saturated carbocycles. The average molecular weight is 270 g/mol. The van der Waals surface area contributed by atoms with Gasteiger partial charge in [0.25, 0.3) is 0 Å². The lowest BCUT2D eigenvalue weighted by Crippen LogP contribution is -2.30. The van der Waals surface area contributed by atoms with Gasteiger partial charge in [0.2, 0.25) is 0 Å². The molecule has 4 rings (SSSR count). The summed E-state index contributed by atoms with van der Waals surface area (Å²) in [6, 6.07) is 11.2. The van der Waals surface area contributed by atoms with E-state index in [1.807, 2.05) is 0 Å². The van der Waals surface area contributed by atoms with Gasteiger partial charge < -0.3 is 5.32 Å². The van der Waals surface area contributed by atoms with Crippen LogP contribution in [0.15, 0.2) is 24.3 Å². The molecule has 2 atom stereocenters. The van der Waals surface area contributed by atoms with E-state index in [0.717, 1.165) is 24.4 Å². The molecule has 1 N–H and O–H groups in total. The fourth-order valence-corrected chi connectivity index (χ4v) is 4.02. The van der Waals surface area contributed by atoms with Gasteiger partial charge >= 0.3 is 0 Å². The third-order valence-electron chi connectivity index (χ3n) is 5.37. The van der Waals surface area contributed by atoms with Crippen LogP contribution in [0.1, 0.15) is 55.2 Å². The third-order valence-corrected chi connectivity index (χ3v) is 5.37. The molecule has 1 heterocycles. The van der Waals surface area contributed by atoms with Crippen molar-refractivity contribution in [3.8, 4) is 0 Å². The average Bonchev–Trinajstić information content (AvgIpc) is 3.37. The molecule has 0 aromatic heterocycles. The minimum atomic E-state index is 0.656. The summed E-state index contributed by atoms with van der Waals surface area (Å²) in [7, 11) is 2.09. The molecule has 20 heavy (non-hydrogen) atoms. The molecular weight excluding hydrogens is 244 g/mol. The smallest absolute Gasteiger partial charge is 0.0391 e. The van der Waals surface area contributed by atoms with Crippen molar-refractivity contribution in [1.82, 2.24) is 10.2 Å². The lowest BCUT2D eigenvalue weighted by molar-refractivity contribution is 0.217. The molecule has 0 amide bonds. The number of likely N-dealkylation sites (tertiary alicyclic amines) is 1. The molecule has 108 valence electrons. The van der Waals surface area contributed by atoms with Crippen molar-refractivity contribution >= 4 is 0 Å². The lowest BCUT2D eigenvalue weighted by Gasteiger charge is -2.29. The molecule has 3 aliphatic rings. The Hall–Kier alpha value is -0.860. The summed E-state index contributed by atoms with van der Waals surface area (Å²) < 4.78 is 0. The Morgan fingerprint density at radius 3 is 2.30 bits per heavy atom. The number of hydrogen-bond donors (Lipinski definition) is 1. The van der Waals surface area contributed by atoms with Crippen LogP contribution < -0.4 is 5.32 Å². The summed E-state index contributed by atoms with van der Waals surface area (Å²) >= 11 is 0. The SMILES string of the molecule is CNCC1CCN(C2CC2)C1c1ccc(C2CC2)cc1. The maximum atomic E-state index is 3.40. The van der Waals surface area contributed by atoms with E-state index in [2.05, 4.69) is 41.5 Å². The number of nitrogens with one attached hydrogen (secondary N) is 1. The highest BCUT2D eigenvalue weighted by Crippen LogP contribution is 2.45. The molecular formula is C18H26N2. The highest BCUT2D eigenvalue weighted by molar-refractivity contribution is 5.31. The first-order valence-electron chi connectivity index (χ1n) is 8.37. The molecule has 0 spiro atoms. The Labute approximate surface area is 122 Å². The Bertz CT molecular complexity index is 459. The molecule has 1 saturated heterocycles. The standard InChI is InChI=1S/C18H26N2/c1-19-12-16-10-11-20(17-8-9-17)18(16)15-6-4-14(5-7-15)13-2-3-13/h4-7,13,16-19H,2-3,8-12H2,1H3. The van der Waals surface area contributed by atoms with E-state index in [0.29, 0.717) is 6.04 Å². The van der Waals surface area contributed by atoms with Gasteiger partial charge in [-0.25, -0.2) is 0 Å². The van der Waals surface area contributed by atoms with Crippen LogP contribution in [0.25, 0.3) is 0 Å². The van der Waals surface area contributed by atoms with Gasteiger partial charge in [0, 0.05) is 12.1 Å². The summed E-state index contributed by atoms with van der Waals surface area (Å²) in [5.74, 6) is 1.66. The summed E-state index contributed by atoms with van der Waals surface area (Å²) in [4.78, 5) is 2.79. The first-order chi connectivity index (χ1) is 9.86. The van der Waals surface area contributed by atoms with Crippen molar-refractivity contribution < 1.29 is 0 Å². The van der Waals surface area contributed by atoms with Crippen molar-refractivity contribution in [3.63, 3.8) is 0 Å². The fourth-order valence-electron chi connectivity index (χ4n) is 4.02. The van der Waals surface area contributed by atoms with Gasteiger partial charge in [-0.05, 0) is 75.2 Å². The molecule has 1 aliphatic heterocycles. The van der Waals surface area contributed by atoms with E-state index >= 15 is 0 Å². The van der Waals surface area contributed by atoms with Crippen LogP contribution in [-0.4, -0.2) is 31.1 Å². The minimum Gasteiger partial charge on any atom is -0.319 e. The summed E-state index contributed by atoms with van der Waals surface area (Å²) in [6.45, 7) is 2.45. The highest BCUT2D eigenvalue weighted by Gasteiger charge is 2.42. The van der Waals surface area contributed by atoms with Crippen LogP contribution in [0.4, 0.5) is 0 Å². The monoisotopic (exact) mass is 270 g/mol. The zero-order chi connectivity index (χ0) is 13.5. The zero-order valence-corrected chi connectivity index (χ0v) is 12.5. The zero-order valence-electron chi connectivity index (χ0n) is 12.5. The van der Waals surface area contributed by atoms with Crippen molar-refractivity contribution in [2.24, 2.45) is 5.92 Å². The van der Waals surface area contributed by atoms with Crippen molar-refractivity contribution in [2.45, 2.75) is 50.1 Å². The number of benzene rings is 1. The van der Waals surface area contributed by atoms with Gasteiger partial charge in [-0.2, -0.15) is 0 Å². The Morgan fingerprint density at radius 1 is 1.00 bits per heavy atom. The second kappa shape index (κ2) is 5.16. The number of hydrogen-bond acceptors (Lipinski definition) is 2. The first-order valence-corrected chi connectivity index (χ1v) is 8.37. The number of nitrogens with zero attached hydrogens (tertiary/aromatic N) is 1. The highest BCUT2D eigenvalue weighted by atomic mass is 15.2. The maximum Gasteiger partial charge on any atom is 0.0391 e. The van der Waals surface area contributed by atoms with E-state index in [-0.39, 0.29) is 0 Å². The van der Waals surface area contributed by atoms with E-state index in [1.54, 1.807) is 11.1 Å². The molecule has 0 radical (unpaired) electrons. The van der Waals surface area contributed by atoms with Gasteiger partial charge in [0.05, 0.1) is 0 Å². The predicted molar refractivity (Wildman–Crippen MR) is 82.9 cm³/mol. The van der Waals surface area contributed by atoms with Crippen molar-refractivity contribution in [1.29, 1.82) is 0 Å². The van der Waals surface area contributed by atoms with Crippen LogP contribution in [0, 0.1) is 5.92 Å². The first kappa shape index (κ1) is 12.8. The second-order valence-electron chi connectivity index (χ2n) is 6.96. The van der Waals surface area contributed by atoms with E-state index < -0.39 is 0 Å². The lowest BCUT2D eigenvalue weighted by atomic mass is 9.92. The van der Waals surface area contributed by atoms with E-state index in [1.165, 1.54) is 38.6 Å². The molecule has 2 nitrogen and oxygen atoms in total. The Morgan fingerprint density at radius 2 is 1.70 bits per heavy atom. The van der Waals surface area contributed by atoms with E-state index in [9.17, 15) is 0 Å². The molecule has 2 heteroatoms. The van der Waals surface area contributed by atoms with Gasteiger partial charge in [-0.3, -0.25) is 4.90 Å². The summed E-state index contributed by atoms with van der Waals surface area (Å²) in [5.41, 5.74) is 3.12. The quantitative estimate of drug-likeness (QED) is 0.883. The van der Waals surface area contributed by atoms with Gasteiger partial charge in [-0.15, -0.1) is 0 Å². The van der Waals surface area contributed by atoms with Crippen molar-refractivity contribution in [3.05, 3.63) is 35.4 Å². The van der Waals surface area contributed by atoms with Gasteiger partial charge in [-0.1, -0.05) is 24.3 Å². The van der Waals surface area contributed by atoms with Crippen LogP contribution in [0.3, 0.4) is 0 Å². The Kier molecular flexibility index (Phi) is 3.31. The maximum absolute atomic E-state index is 3.40. The molecule has 0 bridgehead atoms. The largest absolute Gasteiger partial charge is 0.319 e. The third kappa shape index (κ3) is 2.40. The normalized spacial score (nSPS) is 30.9. The molecule has 2 aliphatic carbocycles. The topological polar surface area (TPSA) is 15.3 Å². The van der Waals surface area contributed by atoms with Crippen LogP contribution in [0.2, 0.25) is 0 Å². The molecule has 1 aromatic rings. The second-order valence-corrected chi connectivity index (χ2v) is 6.96. The van der Waals surface area contributed by atoms with Crippen LogP contribution in [0.5, 0.6) is 0 Å². The molecule has 1 aromatic carbocycles. The molecule has 3 fully saturated rings. The van der Waals surface area contributed by atoms with Crippen LogP contribution in [-0.2, 0) is 0 Å². The van der Waals surface area contributed by atoms with E-state index in [4.69, 9.17) is 0 Å². The minimum absolute atomic E-state index is 0.656. The van der Waals surface area contributed by atoms with Crippen LogP contribution >= 0.6 is 0 Å². The fraction of sp³-hybridized carbons (Fsp3) is 0.667. The summed E-state index contributed by atoms with van der Waals surface area (Å²) in [5, 5.41) is 3.40. The molecule has 2 unspecified atom stereocenters. The summed E-state index contributed by atoms with van der Waals surface area (Å²) in [6.07, 6.45) is 7.00.